The van der Waals surface area contributed by atoms with Gasteiger partial charge in [0.25, 0.3) is 0 Å². The first-order chi connectivity index (χ1) is 8.11. The minimum absolute atomic E-state index is 0.154. The van der Waals surface area contributed by atoms with Crippen molar-refractivity contribution >= 4 is 28.6 Å². The van der Waals surface area contributed by atoms with E-state index in [1.165, 1.54) is 0 Å². The number of nitrogens with zero attached hydrogens (tertiary/aromatic N) is 4. The van der Waals surface area contributed by atoms with Crippen molar-refractivity contribution < 1.29 is 0 Å². The topological polar surface area (TPSA) is 63.6 Å². The summed E-state index contributed by atoms with van der Waals surface area (Å²) in [4.78, 5) is 16.9. The molecule has 6 heteroatoms. The number of nitrogens with one attached hydrogen (secondary N) is 1. The van der Waals surface area contributed by atoms with Crippen molar-refractivity contribution in [3.05, 3.63) is 29.3 Å². The fourth-order valence-corrected chi connectivity index (χ4v) is 1.54. The molecule has 0 saturated carbocycles. The number of aromatic nitrogens is 4. The Bertz CT molecular complexity index is 582. The number of aryl methyl sites for hydroxylation is 2. The average molecular weight is 250 g/mol. The van der Waals surface area contributed by atoms with E-state index in [2.05, 4.69) is 31.8 Å². The SMILES string of the molecule is C=CCNc1nc(Cl)nc2nc(C)c(C)nc12. The van der Waals surface area contributed by atoms with Crippen molar-refractivity contribution in [2.45, 2.75) is 13.8 Å². The van der Waals surface area contributed by atoms with Gasteiger partial charge in [0.15, 0.2) is 17.0 Å². The van der Waals surface area contributed by atoms with Gasteiger partial charge in [-0.05, 0) is 25.4 Å². The predicted molar refractivity (Wildman–Crippen MR) is 68.3 cm³/mol. The molecule has 5 nitrogen and oxygen atoms in total. The Balaban J connectivity index is 2.64. The molecule has 0 aliphatic rings. The lowest BCUT2D eigenvalue weighted by molar-refractivity contribution is 1.05. The summed E-state index contributed by atoms with van der Waals surface area (Å²) in [5, 5.41) is 3.22. The summed E-state index contributed by atoms with van der Waals surface area (Å²) in [6, 6.07) is 0. The summed E-state index contributed by atoms with van der Waals surface area (Å²) in [6.07, 6.45) is 1.73. The van der Waals surface area contributed by atoms with E-state index < -0.39 is 0 Å². The second kappa shape index (κ2) is 4.63. The third kappa shape index (κ3) is 2.34. The lowest BCUT2D eigenvalue weighted by Crippen LogP contribution is -2.05. The molecular formula is C11H12ClN5. The maximum absolute atomic E-state index is 5.84. The van der Waals surface area contributed by atoms with Gasteiger partial charge in [-0.15, -0.1) is 6.58 Å². The number of hydrogen-bond acceptors (Lipinski definition) is 5. The van der Waals surface area contributed by atoms with Crippen LogP contribution in [0.4, 0.5) is 5.82 Å². The van der Waals surface area contributed by atoms with Crippen molar-refractivity contribution in [1.82, 2.24) is 19.9 Å². The summed E-state index contributed by atoms with van der Waals surface area (Å²) >= 11 is 5.84. The molecule has 0 radical (unpaired) electrons. The Labute approximate surface area is 104 Å². The fraction of sp³-hybridized carbons (Fsp3) is 0.273. The molecular weight excluding hydrogens is 238 g/mol. The van der Waals surface area contributed by atoms with Crippen LogP contribution in [0.15, 0.2) is 12.7 Å². The number of fused-ring (bicyclic) bond motifs is 1. The van der Waals surface area contributed by atoms with E-state index >= 15 is 0 Å². The molecule has 0 bridgehead atoms. The van der Waals surface area contributed by atoms with Gasteiger partial charge in [0, 0.05) is 6.54 Å². The second-order valence-corrected chi connectivity index (χ2v) is 3.92. The monoisotopic (exact) mass is 249 g/mol. The highest BCUT2D eigenvalue weighted by Crippen LogP contribution is 2.19. The van der Waals surface area contributed by atoms with E-state index in [0.717, 1.165) is 11.4 Å². The zero-order valence-electron chi connectivity index (χ0n) is 9.66. The molecule has 2 aromatic heterocycles. The number of halogens is 1. The molecule has 0 aromatic carbocycles. The van der Waals surface area contributed by atoms with Gasteiger partial charge in [-0.2, -0.15) is 9.97 Å². The van der Waals surface area contributed by atoms with Crippen LogP contribution < -0.4 is 5.32 Å². The van der Waals surface area contributed by atoms with Crippen LogP contribution in [-0.2, 0) is 0 Å². The summed E-state index contributed by atoms with van der Waals surface area (Å²) in [7, 11) is 0. The Morgan fingerprint density at radius 1 is 1.18 bits per heavy atom. The first-order valence-corrected chi connectivity index (χ1v) is 5.53. The summed E-state index contributed by atoms with van der Waals surface area (Å²) < 4.78 is 0. The molecule has 0 saturated heterocycles. The van der Waals surface area contributed by atoms with Gasteiger partial charge >= 0.3 is 0 Å². The summed E-state index contributed by atoms with van der Waals surface area (Å²) in [5.74, 6) is 0.579. The van der Waals surface area contributed by atoms with Crippen LogP contribution >= 0.6 is 11.6 Å². The number of hydrogen-bond donors (Lipinski definition) is 1. The van der Waals surface area contributed by atoms with Crippen molar-refractivity contribution in [1.29, 1.82) is 0 Å². The normalized spacial score (nSPS) is 10.5. The molecule has 0 aliphatic heterocycles. The first-order valence-electron chi connectivity index (χ1n) is 5.15. The van der Waals surface area contributed by atoms with E-state index in [4.69, 9.17) is 11.6 Å². The molecule has 2 heterocycles. The zero-order chi connectivity index (χ0) is 12.4. The van der Waals surface area contributed by atoms with Crippen molar-refractivity contribution in [3.8, 4) is 0 Å². The Hall–Kier alpha value is -1.75. The first kappa shape index (κ1) is 11.7. The third-order valence-electron chi connectivity index (χ3n) is 2.33. The molecule has 0 spiro atoms. The molecule has 2 rings (SSSR count). The Morgan fingerprint density at radius 3 is 2.59 bits per heavy atom. The van der Waals surface area contributed by atoms with Gasteiger partial charge in [0.1, 0.15) is 0 Å². The zero-order valence-corrected chi connectivity index (χ0v) is 10.4. The van der Waals surface area contributed by atoms with Crippen LogP contribution in [0.3, 0.4) is 0 Å². The molecule has 0 atom stereocenters. The van der Waals surface area contributed by atoms with Gasteiger partial charge in [-0.1, -0.05) is 6.08 Å². The standard InChI is InChI=1S/C11H12ClN5/c1-4-5-13-9-8-10(17-11(12)16-9)15-7(3)6(2)14-8/h4H,1,5H2,2-3H3,(H,13,15,16,17). The van der Waals surface area contributed by atoms with Crippen molar-refractivity contribution in [3.63, 3.8) is 0 Å². The van der Waals surface area contributed by atoms with Crippen molar-refractivity contribution in [2.75, 3.05) is 11.9 Å². The Kier molecular flexibility index (Phi) is 3.19. The van der Waals surface area contributed by atoms with E-state index in [1.807, 2.05) is 13.8 Å². The second-order valence-electron chi connectivity index (χ2n) is 3.58. The van der Waals surface area contributed by atoms with Gasteiger partial charge < -0.3 is 5.32 Å². The van der Waals surface area contributed by atoms with Crippen LogP contribution in [0.1, 0.15) is 11.4 Å². The van der Waals surface area contributed by atoms with E-state index in [-0.39, 0.29) is 5.28 Å². The van der Waals surface area contributed by atoms with Crippen LogP contribution in [0.25, 0.3) is 11.2 Å². The lowest BCUT2D eigenvalue weighted by Gasteiger charge is -2.07. The van der Waals surface area contributed by atoms with Crippen LogP contribution in [-0.4, -0.2) is 26.5 Å². The van der Waals surface area contributed by atoms with Gasteiger partial charge in [-0.3, -0.25) is 0 Å². The highest BCUT2D eigenvalue weighted by molar-refractivity contribution is 6.28. The number of anilines is 1. The van der Waals surface area contributed by atoms with Crippen LogP contribution in [0.2, 0.25) is 5.28 Å². The minimum atomic E-state index is 0.154. The van der Waals surface area contributed by atoms with Gasteiger partial charge in [0.2, 0.25) is 5.28 Å². The van der Waals surface area contributed by atoms with Gasteiger partial charge in [0.05, 0.1) is 11.4 Å². The predicted octanol–water partition coefficient (Wildman–Crippen LogP) is 2.29. The van der Waals surface area contributed by atoms with E-state index in [1.54, 1.807) is 6.08 Å². The molecule has 0 unspecified atom stereocenters. The van der Waals surface area contributed by atoms with Crippen LogP contribution in [0, 0.1) is 13.8 Å². The minimum Gasteiger partial charge on any atom is -0.365 e. The average Bonchev–Trinajstić information content (AvgIpc) is 2.28. The molecule has 17 heavy (non-hydrogen) atoms. The fourth-order valence-electron chi connectivity index (χ4n) is 1.38. The highest BCUT2D eigenvalue weighted by atomic mass is 35.5. The maximum atomic E-state index is 5.84. The number of rotatable bonds is 3. The molecule has 0 aliphatic carbocycles. The quantitative estimate of drug-likeness (QED) is 0.668. The summed E-state index contributed by atoms with van der Waals surface area (Å²) in [6.45, 7) is 8.00. The molecule has 88 valence electrons. The third-order valence-corrected chi connectivity index (χ3v) is 2.50. The molecule has 1 N–H and O–H groups in total. The van der Waals surface area contributed by atoms with E-state index in [9.17, 15) is 0 Å². The highest BCUT2D eigenvalue weighted by Gasteiger charge is 2.10. The summed E-state index contributed by atoms with van der Waals surface area (Å²) in [5.41, 5.74) is 2.81. The maximum Gasteiger partial charge on any atom is 0.226 e. The van der Waals surface area contributed by atoms with Gasteiger partial charge in [-0.25, -0.2) is 9.97 Å². The van der Waals surface area contributed by atoms with Crippen LogP contribution in [0.5, 0.6) is 0 Å². The smallest absolute Gasteiger partial charge is 0.226 e. The largest absolute Gasteiger partial charge is 0.365 e. The molecule has 0 fully saturated rings. The lowest BCUT2D eigenvalue weighted by atomic mass is 10.3. The molecule has 0 amide bonds. The molecule has 2 aromatic rings. The Morgan fingerprint density at radius 2 is 1.88 bits per heavy atom. The van der Waals surface area contributed by atoms with E-state index in [0.29, 0.717) is 23.5 Å². The van der Waals surface area contributed by atoms with Crippen molar-refractivity contribution in [2.24, 2.45) is 0 Å².